The summed E-state index contributed by atoms with van der Waals surface area (Å²) in [6, 6.07) is 5.53. The number of ether oxygens (including phenoxy) is 2. The molecular weight excluding hydrogens is 216 g/mol. The number of carbonyl (C=O) groups excluding carboxylic acids is 1. The SMILES string of the molecule is CCc1cccc(C(=O)OC(C)(C)C)c1OC. The predicted octanol–water partition coefficient (Wildman–Crippen LogP) is 3.21. The first-order chi connectivity index (χ1) is 7.89. The number of carbonyl (C=O) groups is 1. The molecule has 0 aromatic heterocycles. The van der Waals surface area contributed by atoms with Crippen LogP contribution in [0.25, 0.3) is 0 Å². The lowest BCUT2D eigenvalue weighted by atomic mass is 10.1. The molecule has 0 fully saturated rings. The summed E-state index contributed by atoms with van der Waals surface area (Å²) >= 11 is 0. The minimum absolute atomic E-state index is 0.343. The quantitative estimate of drug-likeness (QED) is 0.756. The second-order valence-corrected chi connectivity index (χ2v) is 4.85. The van der Waals surface area contributed by atoms with Gasteiger partial charge in [0, 0.05) is 0 Å². The molecule has 0 amide bonds. The Bertz CT molecular complexity index is 402. The first-order valence-corrected chi connectivity index (χ1v) is 5.78. The van der Waals surface area contributed by atoms with Crippen molar-refractivity contribution in [2.75, 3.05) is 7.11 Å². The maximum absolute atomic E-state index is 12.0. The average molecular weight is 236 g/mol. The van der Waals surface area contributed by atoms with Crippen LogP contribution < -0.4 is 4.74 Å². The summed E-state index contributed by atoms with van der Waals surface area (Å²) < 4.78 is 10.6. The van der Waals surface area contributed by atoms with E-state index in [1.807, 2.05) is 39.8 Å². The van der Waals surface area contributed by atoms with Gasteiger partial charge < -0.3 is 9.47 Å². The number of hydrogen-bond donors (Lipinski definition) is 0. The van der Waals surface area contributed by atoms with Crippen LogP contribution >= 0.6 is 0 Å². The molecule has 0 saturated carbocycles. The maximum atomic E-state index is 12.0. The summed E-state index contributed by atoms with van der Waals surface area (Å²) in [5.74, 6) is 0.272. The van der Waals surface area contributed by atoms with E-state index in [1.165, 1.54) is 0 Å². The van der Waals surface area contributed by atoms with Crippen LogP contribution in [0.1, 0.15) is 43.6 Å². The molecule has 0 aliphatic carbocycles. The second-order valence-electron chi connectivity index (χ2n) is 4.85. The maximum Gasteiger partial charge on any atom is 0.342 e. The minimum atomic E-state index is -0.496. The molecule has 0 atom stereocenters. The Balaban J connectivity index is 3.09. The van der Waals surface area contributed by atoms with E-state index in [9.17, 15) is 4.79 Å². The zero-order chi connectivity index (χ0) is 13.1. The van der Waals surface area contributed by atoms with Gasteiger partial charge in [-0.25, -0.2) is 4.79 Å². The molecule has 0 heterocycles. The molecule has 0 aliphatic heterocycles. The fourth-order valence-electron chi connectivity index (χ4n) is 1.60. The number of rotatable bonds is 3. The molecule has 3 nitrogen and oxygen atoms in total. The number of esters is 1. The van der Waals surface area contributed by atoms with Crippen LogP contribution in [0.5, 0.6) is 5.75 Å². The Morgan fingerprint density at radius 2 is 1.94 bits per heavy atom. The van der Waals surface area contributed by atoms with Gasteiger partial charge >= 0.3 is 5.97 Å². The van der Waals surface area contributed by atoms with Gasteiger partial charge in [-0.15, -0.1) is 0 Å². The monoisotopic (exact) mass is 236 g/mol. The van der Waals surface area contributed by atoms with Gasteiger partial charge in [-0.1, -0.05) is 19.1 Å². The van der Waals surface area contributed by atoms with E-state index in [2.05, 4.69) is 0 Å². The zero-order valence-electron chi connectivity index (χ0n) is 11.2. The number of hydrogen-bond acceptors (Lipinski definition) is 3. The fourth-order valence-corrected chi connectivity index (χ4v) is 1.60. The number of benzene rings is 1. The molecule has 94 valence electrons. The lowest BCUT2D eigenvalue weighted by molar-refractivity contribution is 0.00664. The van der Waals surface area contributed by atoms with Crippen molar-refractivity contribution in [3.8, 4) is 5.75 Å². The third-order valence-electron chi connectivity index (χ3n) is 2.30. The highest BCUT2D eigenvalue weighted by molar-refractivity contribution is 5.93. The second kappa shape index (κ2) is 5.21. The van der Waals surface area contributed by atoms with Crippen LogP contribution in [0.4, 0.5) is 0 Å². The number of aryl methyl sites for hydroxylation is 1. The molecule has 0 saturated heterocycles. The summed E-state index contributed by atoms with van der Waals surface area (Å²) in [5, 5.41) is 0. The first-order valence-electron chi connectivity index (χ1n) is 5.78. The molecule has 0 spiro atoms. The molecular formula is C14H20O3. The van der Waals surface area contributed by atoms with Crippen LogP contribution in [0.15, 0.2) is 18.2 Å². The Morgan fingerprint density at radius 1 is 1.29 bits per heavy atom. The van der Waals surface area contributed by atoms with Gasteiger partial charge in [0.05, 0.1) is 7.11 Å². The molecule has 3 heteroatoms. The molecule has 0 radical (unpaired) electrons. The van der Waals surface area contributed by atoms with Gasteiger partial charge in [-0.3, -0.25) is 0 Å². The van der Waals surface area contributed by atoms with Crippen LogP contribution in [0.2, 0.25) is 0 Å². The van der Waals surface area contributed by atoms with Gasteiger partial charge in [0.1, 0.15) is 16.9 Å². The molecule has 1 aromatic carbocycles. The average Bonchev–Trinajstić information content (AvgIpc) is 2.25. The van der Waals surface area contributed by atoms with Crippen molar-refractivity contribution in [1.29, 1.82) is 0 Å². The van der Waals surface area contributed by atoms with E-state index < -0.39 is 5.60 Å². The fraction of sp³-hybridized carbons (Fsp3) is 0.500. The smallest absolute Gasteiger partial charge is 0.342 e. The molecule has 0 aliphatic rings. The third-order valence-corrected chi connectivity index (χ3v) is 2.30. The minimum Gasteiger partial charge on any atom is -0.496 e. The Kier molecular flexibility index (Phi) is 4.16. The van der Waals surface area contributed by atoms with Crippen LogP contribution in [0.3, 0.4) is 0 Å². The van der Waals surface area contributed by atoms with E-state index in [1.54, 1.807) is 13.2 Å². The van der Waals surface area contributed by atoms with Crippen molar-refractivity contribution >= 4 is 5.97 Å². The third kappa shape index (κ3) is 3.48. The van der Waals surface area contributed by atoms with Crippen LogP contribution in [-0.4, -0.2) is 18.7 Å². The van der Waals surface area contributed by atoms with Crippen molar-refractivity contribution in [2.45, 2.75) is 39.7 Å². The zero-order valence-corrected chi connectivity index (χ0v) is 11.2. The van der Waals surface area contributed by atoms with Gasteiger partial charge in [0.25, 0.3) is 0 Å². The van der Waals surface area contributed by atoms with Gasteiger partial charge in [-0.2, -0.15) is 0 Å². The van der Waals surface area contributed by atoms with E-state index in [0.29, 0.717) is 11.3 Å². The molecule has 17 heavy (non-hydrogen) atoms. The summed E-state index contributed by atoms with van der Waals surface area (Å²) in [5.41, 5.74) is 1.00. The van der Waals surface area contributed by atoms with E-state index in [-0.39, 0.29) is 5.97 Å². The van der Waals surface area contributed by atoms with Crippen molar-refractivity contribution < 1.29 is 14.3 Å². The van der Waals surface area contributed by atoms with Gasteiger partial charge in [0.15, 0.2) is 0 Å². The van der Waals surface area contributed by atoms with E-state index in [0.717, 1.165) is 12.0 Å². The van der Waals surface area contributed by atoms with Gasteiger partial charge in [0.2, 0.25) is 0 Å². The lowest BCUT2D eigenvalue weighted by Crippen LogP contribution is -2.24. The predicted molar refractivity (Wildman–Crippen MR) is 67.5 cm³/mol. The number of methoxy groups -OCH3 is 1. The van der Waals surface area contributed by atoms with E-state index in [4.69, 9.17) is 9.47 Å². The topological polar surface area (TPSA) is 35.5 Å². The Hall–Kier alpha value is -1.51. The largest absolute Gasteiger partial charge is 0.496 e. The standard InChI is InChI=1S/C14H20O3/c1-6-10-8-7-9-11(12(10)16-5)13(15)17-14(2,3)4/h7-9H,6H2,1-5H3. The van der Waals surface area contributed by atoms with E-state index >= 15 is 0 Å². The molecule has 0 unspecified atom stereocenters. The van der Waals surface area contributed by atoms with Crippen molar-refractivity contribution in [2.24, 2.45) is 0 Å². The summed E-state index contributed by atoms with van der Waals surface area (Å²) in [4.78, 5) is 12.0. The van der Waals surface area contributed by atoms with Gasteiger partial charge in [-0.05, 0) is 38.8 Å². The number of para-hydroxylation sites is 1. The van der Waals surface area contributed by atoms with Crippen molar-refractivity contribution in [1.82, 2.24) is 0 Å². The Labute approximate surface area is 103 Å². The molecule has 1 rings (SSSR count). The summed E-state index contributed by atoms with van der Waals surface area (Å²) in [7, 11) is 1.57. The lowest BCUT2D eigenvalue weighted by Gasteiger charge is -2.20. The van der Waals surface area contributed by atoms with Crippen LogP contribution in [-0.2, 0) is 11.2 Å². The van der Waals surface area contributed by atoms with Crippen LogP contribution in [0, 0.1) is 0 Å². The Morgan fingerprint density at radius 3 is 2.41 bits per heavy atom. The first kappa shape index (κ1) is 13.6. The normalized spacial score (nSPS) is 11.1. The highest BCUT2D eigenvalue weighted by Gasteiger charge is 2.21. The van der Waals surface area contributed by atoms with Crippen molar-refractivity contribution in [3.05, 3.63) is 29.3 Å². The highest BCUT2D eigenvalue weighted by atomic mass is 16.6. The molecule has 0 bridgehead atoms. The summed E-state index contributed by atoms with van der Waals surface area (Å²) in [6.45, 7) is 7.57. The summed E-state index contributed by atoms with van der Waals surface area (Å²) in [6.07, 6.45) is 0.819. The van der Waals surface area contributed by atoms with Crippen molar-refractivity contribution in [3.63, 3.8) is 0 Å². The molecule has 1 aromatic rings. The highest BCUT2D eigenvalue weighted by Crippen LogP contribution is 2.26. The molecule has 0 N–H and O–H groups in total.